The van der Waals surface area contributed by atoms with E-state index < -0.39 is 0 Å². The van der Waals surface area contributed by atoms with Gasteiger partial charge in [0.05, 0.1) is 0 Å². The quantitative estimate of drug-likeness (QED) is 0.652. The largest absolute Gasteiger partial charge is 0.399 e. The summed E-state index contributed by atoms with van der Waals surface area (Å²) >= 11 is 0. The monoisotopic (exact) mass is 297 g/mol. The van der Waals surface area contributed by atoms with Gasteiger partial charge in [-0.1, -0.05) is 37.4 Å². The molecule has 0 saturated carbocycles. The zero-order chi connectivity index (χ0) is 16.5. The number of aliphatic hydroxyl groups is 1. The highest BCUT2D eigenvalue weighted by atomic mass is 16.2. The van der Waals surface area contributed by atoms with Crippen LogP contribution in [0.3, 0.4) is 0 Å². The molecule has 0 fully saturated rings. The van der Waals surface area contributed by atoms with Crippen molar-refractivity contribution in [2.75, 3.05) is 23.8 Å². The molecule has 4 heteroatoms. The van der Waals surface area contributed by atoms with E-state index in [2.05, 4.69) is 13.2 Å². The lowest BCUT2D eigenvalue weighted by Gasteiger charge is -2.07. The summed E-state index contributed by atoms with van der Waals surface area (Å²) in [6.07, 6.45) is 4.08. The van der Waals surface area contributed by atoms with Gasteiger partial charge in [0.2, 0.25) is 0 Å². The van der Waals surface area contributed by atoms with Crippen LogP contribution >= 0.6 is 0 Å². The summed E-state index contributed by atoms with van der Waals surface area (Å²) in [7, 11) is 0. The summed E-state index contributed by atoms with van der Waals surface area (Å²) in [5, 5.41) is 8.56. The van der Waals surface area contributed by atoms with Gasteiger partial charge in [-0.3, -0.25) is 0 Å². The van der Waals surface area contributed by atoms with Crippen molar-refractivity contribution in [2.45, 2.75) is 6.42 Å². The highest BCUT2D eigenvalue weighted by Gasteiger charge is 2.02. The number of benzene rings is 2. The molecule has 0 radical (unpaired) electrons. The molecule has 22 heavy (non-hydrogen) atoms. The van der Waals surface area contributed by atoms with E-state index in [4.69, 9.17) is 22.3 Å². The highest BCUT2D eigenvalue weighted by molar-refractivity contribution is 5.80. The first-order valence-electron chi connectivity index (χ1n) is 6.91. The fraction of sp³-hybridized carbons (Fsp3) is 0.111. The van der Waals surface area contributed by atoms with E-state index in [9.17, 15) is 0 Å². The van der Waals surface area contributed by atoms with Crippen molar-refractivity contribution >= 4 is 29.2 Å². The second kappa shape index (κ2) is 8.54. The van der Waals surface area contributed by atoms with Crippen LogP contribution in [0.4, 0.5) is 17.1 Å². The first-order chi connectivity index (χ1) is 10.5. The van der Waals surface area contributed by atoms with E-state index in [0.29, 0.717) is 17.8 Å². The Morgan fingerprint density at radius 2 is 1.27 bits per heavy atom. The van der Waals surface area contributed by atoms with Crippen LogP contribution in [0, 0.1) is 0 Å². The molecule has 0 aliphatic carbocycles. The molecule has 2 rings (SSSR count). The van der Waals surface area contributed by atoms with Crippen LogP contribution in [0.2, 0.25) is 0 Å². The summed E-state index contributed by atoms with van der Waals surface area (Å²) < 4.78 is 0. The number of aliphatic hydroxyl groups excluding tert-OH is 1. The minimum Gasteiger partial charge on any atom is -0.399 e. The number of nitrogen functional groups attached to an aromatic ring is 3. The third-order valence-corrected chi connectivity index (χ3v) is 3.14. The maximum Gasteiger partial charge on any atom is 0.0471 e. The molecule has 116 valence electrons. The van der Waals surface area contributed by atoms with E-state index in [-0.39, 0.29) is 6.61 Å². The fourth-order valence-electron chi connectivity index (χ4n) is 1.94. The van der Waals surface area contributed by atoms with Crippen molar-refractivity contribution in [1.82, 2.24) is 0 Å². The molecule has 0 bridgehead atoms. The van der Waals surface area contributed by atoms with Crippen LogP contribution < -0.4 is 17.2 Å². The Morgan fingerprint density at radius 1 is 0.818 bits per heavy atom. The summed E-state index contributed by atoms with van der Waals surface area (Å²) in [6, 6.07) is 11.0. The van der Waals surface area contributed by atoms with Gasteiger partial charge in [0.15, 0.2) is 0 Å². The van der Waals surface area contributed by atoms with Crippen molar-refractivity contribution < 1.29 is 5.11 Å². The highest BCUT2D eigenvalue weighted by Crippen LogP contribution is 2.24. The lowest BCUT2D eigenvalue weighted by Crippen LogP contribution is -1.96. The van der Waals surface area contributed by atoms with E-state index in [1.165, 1.54) is 0 Å². The SMILES string of the molecule is C=Cc1c(N)ccc(N)c1C=C.Nc1ccc(CCO)cc1. The van der Waals surface area contributed by atoms with Gasteiger partial charge in [-0.2, -0.15) is 0 Å². The van der Waals surface area contributed by atoms with Crippen molar-refractivity contribution in [3.8, 4) is 0 Å². The normalized spacial score (nSPS) is 9.50. The summed E-state index contributed by atoms with van der Waals surface area (Å²) in [5.41, 5.74) is 21.8. The fourth-order valence-corrected chi connectivity index (χ4v) is 1.94. The zero-order valence-corrected chi connectivity index (χ0v) is 12.6. The maximum atomic E-state index is 8.56. The molecule has 0 aromatic heterocycles. The van der Waals surface area contributed by atoms with Gasteiger partial charge >= 0.3 is 0 Å². The third kappa shape index (κ3) is 4.68. The molecule has 0 amide bonds. The predicted octanol–water partition coefficient (Wildman–Crippen LogP) is 2.94. The van der Waals surface area contributed by atoms with Crippen LogP contribution in [0.25, 0.3) is 12.2 Å². The average Bonchev–Trinajstić information content (AvgIpc) is 2.52. The minimum atomic E-state index is 0.198. The molecule has 0 atom stereocenters. The van der Waals surface area contributed by atoms with Crippen LogP contribution in [-0.2, 0) is 6.42 Å². The molecule has 7 N–H and O–H groups in total. The van der Waals surface area contributed by atoms with Gasteiger partial charge in [0, 0.05) is 34.8 Å². The topological polar surface area (TPSA) is 98.3 Å². The second-order valence-corrected chi connectivity index (χ2v) is 4.69. The number of rotatable bonds is 4. The Morgan fingerprint density at radius 3 is 1.64 bits per heavy atom. The van der Waals surface area contributed by atoms with E-state index in [1.54, 1.807) is 24.3 Å². The Bertz CT molecular complexity index is 601. The Hall–Kier alpha value is -2.72. The molecular weight excluding hydrogens is 274 g/mol. The summed E-state index contributed by atoms with van der Waals surface area (Å²) in [5.74, 6) is 0. The molecule has 0 heterocycles. The zero-order valence-electron chi connectivity index (χ0n) is 12.6. The molecule has 2 aromatic carbocycles. The van der Waals surface area contributed by atoms with Crippen molar-refractivity contribution in [2.24, 2.45) is 0 Å². The van der Waals surface area contributed by atoms with E-state index >= 15 is 0 Å². The number of anilines is 3. The molecule has 4 nitrogen and oxygen atoms in total. The lowest BCUT2D eigenvalue weighted by molar-refractivity contribution is 0.299. The second-order valence-electron chi connectivity index (χ2n) is 4.69. The lowest BCUT2D eigenvalue weighted by atomic mass is 10.0. The van der Waals surface area contributed by atoms with Gasteiger partial charge < -0.3 is 22.3 Å². The van der Waals surface area contributed by atoms with Gasteiger partial charge in [-0.05, 0) is 36.2 Å². The first kappa shape index (κ1) is 17.3. The number of nitrogens with two attached hydrogens (primary N) is 3. The Labute approximate surface area is 131 Å². The van der Waals surface area contributed by atoms with Gasteiger partial charge in [0.1, 0.15) is 0 Å². The predicted molar refractivity (Wildman–Crippen MR) is 97.1 cm³/mol. The molecule has 0 spiro atoms. The van der Waals surface area contributed by atoms with Crippen LogP contribution in [0.5, 0.6) is 0 Å². The molecule has 0 unspecified atom stereocenters. The summed E-state index contributed by atoms with van der Waals surface area (Å²) in [4.78, 5) is 0. The maximum absolute atomic E-state index is 8.56. The molecule has 0 aliphatic rings. The standard InChI is InChI=1S/C10H12N2.C8H11NO/c1-3-7-8(4-2)10(12)6-5-9(7)11;9-8-3-1-7(2-4-8)5-6-10/h3-6H,1-2,11-12H2;1-4,10H,5-6,9H2. The van der Waals surface area contributed by atoms with E-state index in [1.807, 2.05) is 24.3 Å². The van der Waals surface area contributed by atoms with Gasteiger partial charge in [-0.15, -0.1) is 0 Å². The average molecular weight is 297 g/mol. The van der Waals surface area contributed by atoms with Gasteiger partial charge in [0.25, 0.3) is 0 Å². The molecule has 2 aromatic rings. The van der Waals surface area contributed by atoms with Crippen LogP contribution in [-0.4, -0.2) is 11.7 Å². The Kier molecular flexibility index (Phi) is 6.73. The smallest absolute Gasteiger partial charge is 0.0471 e. The third-order valence-electron chi connectivity index (χ3n) is 3.14. The van der Waals surface area contributed by atoms with Crippen molar-refractivity contribution in [1.29, 1.82) is 0 Å². The molecule has 0 aliphatic heterocycles. The Balaban J connectivity index is 0.000000224. The molecular formula is C18H23N3O. The van der Waals surface area contributed by atoms with Crippen LogP contribution in [0.1, 0.15) is 16.7 Å². The summed E-state index contributed by atoms with van der Waals surface area (Å²) in [6.45, 7) is 7.51. The van der Waals surface area contributed by atoms with E-state index in [0.717, 1.165) is 22.4 Å². The first-order valence-corrected chi connectivity index (χ1v) is 6.91. The number of hydrogen-bond donors (Lipinski definition) is 4. The minimum absolute atomic E-state index is 0.198. The molecule has 0 saturated heterocycles. The van der Waals surface area contributed by atoms with Gasteiger partial charge in [-0.25, -0.2) is 0 Å². The number of hydrogen-bond acceptors (Lipinski definition) is 4. The van der Waals surface area contributed by atoms with Crippen molar-refractivity contribution in [3.05, 3.63) is 66.2 Å². The van der Waals surface area contributed by atoms with Crippen molar-refractivity contribution in [3.63, 3.8) is 0 Å². The van der Waals surface area contributed by atoms with Crippen LogP contribution in [0.15, 0.2) is 49.6 Å².